The highest BCUT2D eigenvalue weighted by Gasteiger charge is 2.76. The zero-order valence-corrected chi connectivity index (χ0v) is 10.4. The fourth-order valence-electron chi connectivity index (χ4n) is 1.53. The predicted molar refractivity (Wildman–Crippen MR) is 51.6 cm³/mol. The van der Waals surface area contributed by atoms with Crippen molar-refractivity contribution in [3.8, 4) is 0 Å². The van der Waals surface area contributed by atoms with Crippen LogP contribution in [0.15, 0.2) is 12.2 Å². The topological polar surface area (TPSA) is 55.8 Å². The lowest BCUT2D eigenvalue weighted by molar-refractivity contribution is -0.455. The van der Waals surface area contributed by atoms with Gasteiger partial charge in [-0.2, -0.15) is 35.1 Å². The van der Waals surface area contributed by atoms with E-state index < -0.39 is 54.7 Å². The summed E-state index contributed by atoms with van der Waals surface area (Å²) in [6.07, 6.45) is -15.3. The van der Waals surface area contributed by atoms with Crippen LogP contribution in [0.3, 0.4) is 0 Å². The zero-order chi connectivity index (χ0) is 17.6. The van der Waals surface area contributed by atoms with Crippen LogP contribution < -0.4 is 0 Å². The molecule has 0 amide bonds. The van der Waals surface area contributed by atoms with Crippen LogP contribution >= 0.6 is 0 Å². The van der Waals surface area contributed by atoms with Gasteiger partial charge in [0.05, 0.1) is 6.61 Å². The summed E-state index contributed by atoms with van der Waals surface area (Å²) in [5, 5.41) is 8.98. The summed E-state index contributed by atoms with van der Waals surface area (Å²) in [7, 11) is 0. The smallest absolute Gasteiger partial charge is 0.449 e. The van der Waals surface area contributed by atoms with E-state index in [9.17, 15) is 39.9 Å². The second kappa shape index (κ2) is 5.33. The molecule has 0 aromatic carbocycles. The third-order valence-corrected chi connectivity index (χ3v) is 2.77. The van der Waals surface area contributed by atoms with Gasteiger partial charge >= 0.3 is 30.0 Å². The zero-order valence-electron chi connectivity index (χ0n) is 10.4. The van der Waals surface area contributed by atoms with Crippen LogP contribution in [0, 0.1) is 0 Å². The summed E-state index contributed by atoms with van der Waals surface area (Å²) in [5.41, 5.74) is -2.18. The van der Waals surface area contributed by atoms with E-state index in [-0.39, 0.29) is 0 Å². The first kappa shape index (κ1) is 18.6. The fourth-order valence-corrected chi connectivity index (χ4v) is 1.53. The molecule has 0 aromatic heterocycles. The van der Waals surface area contributed by atoms with Gasteiger partial charge in [-0.15, -0.1) is 0 Å². The number of rotatable bonds is 2. The number of hydrogen-bond acceptors (Lipinski definition) is 4. The first-order chi connectivity index (χ1) is 9.64. The molecule has 1 heterocycles. The molecule has 0 radical (unpaired) electrons. The SMILES string of the molecule is C=C(C(=O)OC1CCOC(O)(C(F)(F)F)C1(F)F)C(F)(F)F. The Balaban J connectivity index is 3.02. The van der Waals surface area contributed by atoms with Crippen molar-refractivity contribution in [1.29, 1.82) is 0 Å². The van der Waals surface area contributed by atoms with Crippen molar-refractivity contribution in [2.45, 2.75) is 36.6 Å². The molecule has 12 heteroatoms. The molecule has 1 saturated heterocycles. The second-order valence-corrected chi connectivity index (χ2v) is 4.27. The van der Waals surface area contributed by atoms with Crippen molar-refractivity contribution in [3.63, 3.8) is 0 Å². The number of halogens is 8. The lowest BCUT2D eigenvalue weighted by Crippen LogP contribution is -2.68. The van der Waals surface area contributed by atoms with Crippen molar-refractivity contribution in [3.05, 3.63) is 12.2 Å². The van der Waals surface area contributed by atoms with E-state index in [1.807, 2.05) is 0 Å². The van der Waals surface area contributed by atoms with Crippen LogP contribution in [0.4, 0.5) is 35.1 Å². The van der Waals surface area contributed by atoms with Crippen LogP contribution in [0.1, 0.15) is 6.42 Å². The Hall–Kier alpha value is -1.43. The van der Waals surface area contributed by atoms with Gasteiger partial charge in [0.25, 0.3) is 0 Å². The normalized spacial score (nSPS) is 29.0. The van der Waals surface area contributed by atoms with Gasteiger partial charge in [0.2, 0.25) is 0 Å². The van der Waals surface area contributed by atoms with E-state index in [1.165, 1.54) is 0 Å². The molecular formula is C10H8F8O4. The van der Waals surface area contributed by atoms with Crippen molar-refractivity contribution in [2.75, 3.05) is 6.61 Å². The quantitative estimate of drug-likeness (QED) is 0.475. The fraction of sp³-hybridized carbons (Fsp3) is 0.700. The molecule has 2 atom stereocenters. The van der Waals surface area contributed by atoms with Crippen LogP contribution in [-0.2, 0) is 14.3 Å². The standard InChI is InChI=1S/C10H8F8O4/c1-4(8(13,14)15)6(19)22-5-2-3-21-9(20,7(5,11)12)10(16,17)18/h5,20H,1-3H2. The lowest BCUT2D eigenvalue weighted by Gasteiger charge is -2.43. The average molecular weight is 344 g/mol. The molecule has 0 bridgehead atoms. The molecule has 2 unspecified atom stereocenters. The summed E-state index contributed by atoms with van der Waals surface area (Å²) < 4.78 is 109. The Bertz CT molecular complexity index is 469. The minimum atomic E-state index is -5.97. The predicted octanol–water partition coefficient (Wildman–Crippen LogP) is 2.32. The molecule has 1 aliphatic heterocycles. The monoisotopic (exact) mass is 344 g/mol. The number of aliphatic hydroxyl groups is 1. The molecule has 22 heavy (non-hydrogen) atoms. The van der Waals surface area contributed by atoms with Crippen molar-refractivity contribution in [1.82, 2.24) is 0 Å². The van der Waals surface area contributed by atoms with Gasteiger partial charge in [-0.25, -0.2) is 4.79 Å². The maximum atomic E-state index is 13.7. The van der Waals surface area contributed by atoms with Gasteiger partial charge in [-0.3, -0.25) is 0 Å². The van der Waals surface area contributed by atoms with E-state index in [1.54, 1.807) is 0 Å². The molecule has 128 valence electrons. The number of hydrogen-bond donors (Lipinski definition) is 1. The highest BCUT2D eigenvalue weighted by Crippen LogP contribution is 2.48. The molecule has 4 nitrogen and oxygen atoms in total. The van der Waals surface area contributed by atoms with Crippen molar-refractivity contribution in [2.24, 2.45) is 0 Å². The molecule has 0 saturated carbocycles. The number of carbonyl (C=O) groups is 1. The molecular weight excluding hydrogens is 336 g/mol. The molecule has 0 aliphatic carbocycles. The highest BCUT2D eigenvalue weighted by atomic mass is 19.4. The minimum absolute atomic E-state index is 1.05. The lowest BCUT2D eigenvalue weighted by atomic mass is 9.96. The molecule has 1 aliphatic rings. The summed E-state index contributed by atoms with van der Waals surface area (Å²) in [6.45, 7) is 1.14. The Labute approximate surface area is 117 Å². The van der Waals surface area contributed by atoms with Crippen molar-refractivity contribution >= 4 is 5.97 Å². The van der Waals surface area contributed by atoms with Gasteiger partial charge in [-0.1, -0.05) is 6.58 Å². The summed E-state index contributed by atoms with van der Waals surface area (Å²) in [6, 6.07) is 0. The van der Waals surface area contributed by atoms with Gasteiger partial charge in [0.15, 0.2) is 6.10 Å². The Morgan fingerprint density at radius 1 is 1.23 bits per heavy atom. The number of ether oxygens (including phenoxy) is 2. The first-order valence-corrected chi connectivity index (χ1v) is 5.42. The van der Waals surface area contributed by atoms with Crippen LogP contribution in [0.2, 0.25) is 0 Å². The summed E-state index contributed by atoms with van der Waals surface area (Å²) >= 11 is 0. The first-order valence-electron chi connectivity index (χ1n) is 5.42. The van der Waals surface area contributed by atoms with Gasteiger partial charge < -0.3 is 14.6 Å². The van der Waals surface area contributed by atoms with E-state index in [0.29, 0.717) is 0 Å². The van der Waals surface area contributed by atoms with Gasteiger partial charge in [-0.05, 0) is 0 Å². The maximum absolute atomic E-state index is 13.7. The second-order valence-electron chi connectivity index (χ2n) is 4.27. The Morgan fingerprint density at radius 3 is 2.14 bits per heavy atom. The molecule has 1 N–H and O–H groups in total. The van der Waals surface area contributed by atoms with Gasteiger partial charge in [0, 0.05) is 6.42 Å². The third kappa shape index (κ3) is 3.02. The van der Waals surface area contributed by atoms with E-state index in [4.69, 9.17) is 5.11 Å². The summed E-state index contributed by atoms with van der Waals surface area (Å²) in [5.74, 6) is -12.6. The van der Waals surface area contributed by atoms with Crippen LogP contribution in [-0.4, -0.2) is 47.8 Å². The largest absolute Gasteiger partial charge is 0.452 e. The Morgan fingerprint density at radius 2 is 1.73 bits per heavy atom. The molecule has 1 fully saturated rings. The highest BCUT2D eigenvalue weighted by molar-refractivity contribution is 5.89. The van der Waals surface area contributed by atoms with Crippen molar-refractivity contribution < 1.29 is 54.5 Å². The third-order valence-electron chi connectivity index (χ3n) is 2.77. The number of esters is 1. The molecule has 0 aromatic rings. The summed E-state index contributed by atoms with van der Waals surface area (Å²) in [4.78, 5) is 11.0. The number of carbonyl (C=O) groups excluding carboxylic acids is 1. The van der Waals surface area contributed by atoms with Crippen LogP contribution in [0.25, 0.3) is 0 Å². The van der Waals surface area contributed by atoms with E-state index in [2.05, 4.69) is 16.1 Å². The number of alkyl halides is 8. The Kier molecular flexibility index (Phi) is 4.51. The average Bonchev–Trinajstić information content (AvgIpc) is 2.31. The van der Waals surface area contributed by atoms with E-state index in [0.717, 1.165) is 0 Å². The molecule has 1 rings (SSSR count). The van der Waals surface area contributed by atoms with Gasteiger partial charge in [0.1, 0.15) is 5.57 Å². The van der Waals surface area contributed by atoms with E-state index >= 15 is 0 Å². The maximum Gasteiger partial charge on any atom is 0.449 e. The minimum Gasteiger partial charge on any atom is -0.452 e. The molecule has 0 spiro atoms. The van der Waals surface area contributed by atoms with Crippen LogP contribution in [0.5, 0.6) is 0 Å².